The Hall–Kier alpha value is -1.77. The van der Waals surface area contributed by atoms with Gasteiger partial charge in [-0.25, -0.2) is 4.79 Å². The maximum absolute atomic E-state index is 11.2. The normalized spacial score (nSPS) is 17.0. The minimum Gasteiger partial charge on any atom is -0.500 e. The third kappa shape index (κ3) is 1.18. The van der Waals surface area contributed by atoms with Gasteiger partial charge >= 0.3 is 5.97 Å². The molecule has 1 aromatic carbocycles. The molecule has 3 nitrogen and oxygen atoms in total. The molecule has 1 aliphatic heterocycles. The van der Waals surface area contributed by atoms with Crippen LogP contribution >= 0.6 is 0 Å². The zero-order valence-corrected chi connectivity index (χ0v) is 7.11. The summed E-state index contributed by atoms with van der Waals surface area (Å²) in [5.41, 5.74) is 1.38. The van der Waals surface area contributed by atoms with E-state index >= 15 is 0 Å². The number of carbonyl (C=O) groups excluding carboxylic acids is 1. The summed E-state index contributed by atoms with van der Waals surface area (Å²) in [6.07, 6.45) is 1.42. The zero-order valence-electron chi connectivity index (χ0n) is 7.11. The van der Waals surface area contributed by atoms with Gasteiger partial charge in [0.2, 0.25) is 0 Å². The SMILES string of the molecule is CO/C=C1/OC(=O)c2ccccc21. The van der Waals surface area contributed by atoms with Crippen molar-refractivity contribution in [2.75, 3.05) is 7.11 Å². The van der Waals surface area contributed by atoms with Crippen molar-refractivity contribution >= 4 is 11.7 Å². The van der Waals surface area contributed by atoms with E-state index in [9.17, 15) is 4.79 Å². The molecule has 0 radical (unpaired) electrons. The quantitative estimate of drug-likeness (QED) is 0.483. The highest BCUT2D eigenvalue weighted by Crippen LogP contribution is 2.28. The molecule has 1 aliphatic rings. The smallest absolute Gasteiger partial charge is 0.344 e. The minimum atomic E-state index is -0.320. The molecule has 0 amide bonds. The second-order valence-corrected chi connectivity index (χ2v) is 2.65. The molecule has 0 fully saturated rings. The van der Waals surface area contributed by atoms with Gasteiger partial charge in [-0.05, 0) is 6.07 Å². The summed E-state index contributed by atoms with van der Waals surface area (Å²) >= 11 is 0. The fourth-order valence-electron chi connectivity index (χ4n) is 1.28. The number of hydrogen-bond acceptors (Lipinski definition) is 3. The van der Waals surface area contributed by atoms with E-state index in [0.717, 1.165) is 5.56 Å². The summed E-state index contributed by atoms with van der Waals surface area (Å²) in [5, 5.41) is 0. The molecule has 0 aliphatic carbocycles. The van der Waals surface area contributed by atoms with Gasteiger partial charge in [0.25, 0.3) is 0 Å². The molecule has 0 bridgehead atoms. The number of methoxy groups -OCH3 is 1. The van der Waals surface area contributed by atoms with Crippen molar-refractivity contribution < 1.29 is 14.3 Å². The molecular formula is C10H8O3. The summed E-state index contributed by atoms with van der Waals surface area (Å²) in [4.78, 5) is 11.2. The predicted octanol–water partition coefficient (Wildman–Crippen LogP) is 1.80. The first-order valence-corrected chi connectivity index (χ1v) is 3.87. The molecule has 1 aromatic rings. The number of esters is 1. The number of ether oxygens (including phenoxy) is 2. The summed E-state index contributed by atoms with van der Waals surface area (Å²) in [6, 6.07) is 7.21. The average Bonchev–Trinajstić information content (AvgIpc) is 2.46. The Morgan fingerprint density at radius 3 is 2.69 bits per heavy atom. The number of hydrogen-bond donors (Lipinski definition) is 0. The van der Waals surface area contributed by atoms with Gasteiger partial charge in [-0.15, -0.1) is 0 Å². The van der Waals surface area contributed by atoms with Crippen molar-refractivity contribution in [1.82, 2.24) is 0 Å². The molecular weight excluding hydrogens is 168 g/mol. The van der Waals surface area contributed by atoms with E-state index in [1.165, 1.54) is 13.4 Å². The molecule has 1 heterocycles. The van der Waals surface area contributed by atoms with Crippen LogP contribution < -0.4 is 0 Å². The fourth-order valence-corrected chi connectivity index (χ4v) is 1.28. The van der Waals surface area contributed by atoms with E-state index in [-0.39, 0.29) is 5.97 Å². The van der Waals surface area contributed by atoms with Gasteiger partial charge in [0.1, 0.15) is 6.26 Å². The van der Waals surface area contributed by atoms with Gasteiger partial charge in [-0.2, -0.15) is 0 Å². The molecule has 0 atom stereocenters. The average molecular weight is 176 g/mol. The molecule has 3 heteroatoms. The third-order valence-electron chi connectivity index (χ3n) is 1.84. The lowest BCUT2D eigenvalue weighted by Crippen LogP contribution is -1.92. The van der Waals surface area contributed by atoms with Crippen LogP contribution in [0.5, 0.6) is 0 Å². The van der Waals surface area contributed by atoms with Crippen LogP contribution in [0.15, 0.2) is 30.5 Å². The second kappa shape index (κ2) is 2.94. The first-order chi connectivity index (χ1) is 6.33. The maximum Gasteiger partial charge on any atom is 0.344 e. The highest BCUT2D eigenvalue weighted by atomic mass is 16.6. The second-order valence-electron chi connectivity index (χ2n) is 2.65. The molecule has 0 aromatic heterocycles. The Balaban J connectivity index is 2.53. The van der Waals surface area contributed by atoms with Gasteiger partial charge in [0, 0.05) is 5.56 Å². The number of rotatable bonds is 1. The lowest BCUT2D eigenvalue weighted by Gasteiger charge is -1.95. The van der Waals surface area contributed by atoms with Gasteiger partial charge in [-0.1, -0.05) is 18.2 Å². The van der Waals surface area contributed by atoms with Crippen molar-refractivity contribution in [3.63, 3.8) is 0 Å². The van der Waals surface area contributed by atoms with Crippen LogP contribution in [0.4, 0.5) is 0 Å². The first kappa shape index (κ1) is 7.86. The zero-order chi connectivity index (χ0) is 9.26. The molecule has 0 unspecified atom stereocenters. The molecule has 66 valence electrons. The van der Waals surface area contributed by atoms with Crippen molar-refractivity contribution in [3.05, 3.63) is 41.7 Å². The largest absolute Gasteiger partial charge is 0.500 e. The number of benzene rings is 1. The summed E-state index contributed by atoms with van der Waals surface area (Å²) < 4.78 is 9.76. The van der Waals surface area contributed by atoms with Crippen LogP contribution in [0.1, 0.15) is 15.9 Å². The highest BCUT2D eigenvalue weighted by molar-refractivity contribution is 6.02. The minimum absolute atomic E-state index is 0.320. The summed E-state index contributed by atoms with van der Waals surface area (Å²) in [6.45, 7) is 0. The van der Waals surface area contributed by atoms with Crippen LogP contribution in [0.25, 0.3) is 5.76 Å². The van der Waals surface area contributed by atoms with Gasteiger partial charge in [-0.3, -0.25) is 0 Å². The monoisotopic (exact) mass is 176 g/mol. The van der Waals surface area contributed by atoms with Crippen LogP contribution in [-0.4, -0.2) is 13.1 Å². The van der Waals surface area contributed by atoms with E-state index in [2.05, 4.69) is 0 Å². The Kier molecular flexibility index (Phi) is 1.77. The highest BCUT2D eigenvalue weighted by Gasteiger charge is 2.25. The maximum atomic E-state index is 11.2. The van der Waals surface area contributed by atoms with Crippen LogP contribution in [-0.2, 0) is 9.47 Å². The van der Waals surface area contributed by atoms with E-state index < -0.39 is 0 Å². The van der Waals surface area contributed by atoms with E-state index in [1.807, 2.05) is 12.1 Å². The number of carbonyl (C=O) groups is 1. The van der Waals surface area contributed by atoms with Crippen molar-refractivity contribution in [3.8, 4) is 0 Å². The topological polar surface area (TPSA) is 35.5 Å². The molecule has 2 rings (SSSR count). The first-order valence-electron chi connectivity index (χ1n) is 3.87. The Morgan fingerprint density at radius 1 is 1.31 bits per heavy atom. The van der Waals surface area contributed by atoms with Gasteiger partial charge < -0.3 is 9.47 Å². The standard InChI is InChI=1S/C10H8O3/c1-12-6-9-7-4-2-3-5-8(7)10(11)13-9/h2-6H,1H3/b9-6+. The van der Waals surface area contributed by atoms with Gasteiger partial charge in [0.05, 0.1) is 12.7 Å². The molecule has 0 saturated carbocycles. The predicted molar refractivity (Wildman–Crippen MR) is 46.8 cm³/mol. The van der Waals surface area contributed by atoms with Crippen LogP contribution in [0.2, 0.25) is 0 Å². The van der Waals surface area contributed by atoms with Crippen LogP contribution in [0, 0.1) is 0 Å². The Morgan fingerprint density at radius 2 is 2.00 bits per heavy atom. The molecule has 0 saturated heterocycles. The summed E-state index contributed by atoms with van der Waals surface area (Å²) in [5.74, 6) is 0.155. The third-order valence-corrected chi connectivity index (χ3v) is 1.84. The van der Waals surface area contributed by atoms with E-state index in [1.54, 1.807) is 12.1 Å². The van der Waals surface area contributed by atoms with Crippen molar-refractivity contribution in [2.45, 2.75) is 0 Å². The van der Waals surface area contributed by atoms with Crippen LogP contribution in [0.3, 0.4) is 0 Å². The number of cyclic esters (lactones) is 1. The van der Waals surface area contributed by atoms with E-state index in [0.29, 0.717) is 11.3 Å². The Labute approximate surface area is 75.6 Å². The fraction of sp³-hybridized carbons (Fsp3) is 0.100. The number of fused-ring (bicyclic) bond motifs is 1. The molecule has 13 heavy (non-hydrogen) atoms. The van der Waals surface area contributed by atoms with Gasteiger partial charge in [0.15, 0.2) is 5.76 Å². The Bertz CT molecular complexity index is 380. The molecule has 0 N–H and O–H groups in total. The van der Waals surface area contributed by atoms with E-state index in [4.69, 9.17) is 9.47 Å². The molecule has 0 spiro atoms. The van der Waals surface area contributed by atoms with Crippen molar-refractivity contribution in [1.29, 1.82) is 0 Å². The summed E-state index contributed by atoms with van der Waals surface area (Å²) in [7, 11) is 1.52. The lowest BCUT2D eigenvalue weighted by molar-refractivity contribution is 0.0711. The lowest BCUT2D eigenvalue weighted by atomic mass is 10.1. The van der Waals surface area contributed by atoms with Crippen molar-refractivity contribution in [2.24, 2.45) is 0 Å².